The van der Waals surface area contributed by atoms with Crippen LogP contribution in [0, 0.1) is 6.92 Å². The number of para-hydroxylation sites is 2. The Bertz CT molecular complexity index is 780. The van der Waals surface area contributed by atoms with Crippen molar-refractivity contribution in [2.45, 2.75) is 13.5 Å². The number of hydrogen-bond donors (Lipinski definition) is 0. The third-order valence-electron chi connectivity index (χ3n) is 3.79. The molecule has 1 aliphatic heterocycles. The second kappa shape index (κ2) is 5.50. The molecule has 0 unspecified atom stereocenters. The van der Waals surface area contributed by atoms with Gasteiger partial charge in [0.15, 0.2) is 0 Å². The van der Waals surface area contributed by atoms with Crippen LogP contribution in [0.3, 0.4) is 0 Å². The van der Waals surface area contributed by atoms with Gasteiger partial charge in [-0.1, -0.05) is 18.2 Å². The molecule has 22 heavy (non-hydrogen) atoms. The first-order valence-corrected chi connectivity index (χ1v) is 8.16. The highest BCUT2D eigenvalue weighted by Gasteiger charge is 2.21. The molecule has 0 saturated heterocycles. The fourth-order valence-electron chi connectivity index (χ4n) is 2.65. The molecule has 3 heterocycles. The van der Waals surface area contributed by atoms with Crippen molar-refractivity contribution in [1.29, 1.82) is 0 Å². The number of ether oxygens (including phenoxy) is 1. The van der Waals surface area contributed by atoms with Crippen LogP contribution in [0.2, 0.25) is 0 Å². The van der Waals surface area contributed by atoms with Crippen molar-refractivity contribution >= 4 is 17.0 Å². The number of anilines is 1. The van der Waals surface area contributed by atoms with E-state index in [4.69, 9.17) is 9.15 Å². The number of fused-ring (bicyclic) bond motifs is 1. The molecular formula is C17H16N2O2S. The number of benzene rings is 1. The zero-order chi connectivity index (χ0) is 14.9. The number of nitrogens with zero attached hydrogens (tertiary/aromatic N) is 2. The Balaban J connectivity index is 1.62. The summed E-state index contributed by atoms with van der Waals surface area (Å²) in [4.78, 5) is 8.04. The summed E-state index contributed by atoms with van der Waals surface area (Å²) in [7, 11) is 0. The lowest BCUT2D eigenvalue weighted by molar-refractivity contribution is 0.306. The summed E-state index contributed by atoms with van der Waals surface area (Å²) >= 11 is 1.64. The number of thiophene rings is 1. The third kappa shape index (κ3) is 2.37. The molecule has 1 aliphatic rings. The standard InChI is InChI=1S/C17H16N2O2S/c1-12-13(18-17(21-12)16-7-4-10-22-16)11-19-8-9-20-15-6-3-2-5-14(15)19/h2-7,10H,8-9,11H2,1H3. The number of hydrogen-bond acceptors (Lipinski definition) is 5. The van der Waals surface area contributed by atoms with E-state index >= 15 is 0 Å². The van der Waals surface area contributed by atoms with Gasteiger partial charge in [-0.05, 0) is 30.5 Å². The Morgan fingerprint density at radius 2 is 2.14 bits per heavy atom. The average molecular weight is 312 g/mol. The van der Waals surface area contributed by atoms with Crippen molar-refractivity contribution in [3.8, 4) is 16.5 Å². The van der Waals surface area contributed by atoms with Gasteiger partial charge >= 0.3 is 0 Å². The molecular weight excluding hydrogens is 296 g/mol. The van der Waals surface area contributed by atoms with Gasteiger partial charge in [-0.25, -0.2) is 4.98 Å². The van der Waals surface area contributed by atoms with E-state index in [1.165, 1.54) is 0 Å². The topological polar surface area (TPSA) is 38.5 Å². The minimum absolute atomic E-state index is 0.700. The molecule has 112 valence electrons. The number of aromatic nitrogens is 1. The fourth-order valence-corrected chi connectivity index (χ4v) is 3.30. The normalized spacial score (nSPS) is 13.8. The molecule has 0 radical (unpaired) electrons. The number of aryl methyl sites for hydroxylation is 1. The van der Waals surface area contributed by atoms with Crippen molar-refractivity contribution < 1.29 is 9.15 Å². The van der Waals surface area contributed by atoms with Crippen LogP contribution in [0.4, 0.5) is 5.69 Å². The molecule has 2 aromatic heterocycles. The molecule has 1 aromatic carbocycles. The Kier molecular flexibility index (Phi) is 3.35. The predicted octanol–water partition coefficient (Wildman–Crippen LogP) is 4.11. The quantitative estimate of drug-likeness (QED) is 0.729. The van der Waals surface area contributed by atoms with E-state index in [0.29, 0.717) is 12.5 Å². The second-order valence-electron chi connectivity index (χ2n) is 5.24. The molecule has 0 amide bonds. The summed E-state index contributed by atoms with van der Waals surface area (Å²) in [5.41, 5.74) is 2.11. The predicted molar refractivity (Wildman–Crippen MR) is 87.5 cm³/mol. The van der Waals surface area contributed by atoms with Crippen molar-refractivity contribution in [2.24, 2.45) is 0 Å². The molecule has 0 aliphatic carbocycles. The van der Waals surface area contributed by atoms with Gasteiger partial charge in [-0.15, -0.1) is 11.3 Å². The Morgan fingerprint density at radius 1 is 1.23 bits per heavy atom. The van der Waals surface area contributed by atoms with Crippen LogP contribution in [0.1, 0.15) is 11.5 Å². The first-order valence-electron chi connectivity index (χ1n) is 7.28. The monoisotopic (exact) mass is 312 g/mol. The molecule has 0 saturated carbocycles. The van der Waals surface area contributed by atoms with Gasteiger partial charge in [-0.3, -0.25) is 0 Å². The summed E-state index contributed by atoms with van der Waals surface area (Å²) in [6, 6.07) is 12.2. The van der Waals surface area contributed by atoms with Crippen LogP contribution in [0.5, 0.6) is 5.75 Å². The van der Waals surface area contributed by atoms with Crippen LogP contribution < -0.4 is 9.64 Å². The zero-order valence-corrected chi connectivity index (χ0v) is 13.1. The summed E-state index contributed by atoms with van der Waals surface area (Å²) in [6.45, 7) is 4.27. The minimum Gasteiger partial charge on any atom is -0.490 e. The molecule has 0 atom stereocenters. The molecule has 4 rings (SSSR count). The summed E-state index contributed by atoms with van der Waals surface area (Å²) in [6.07, 6.45) is 0. The van der Waals surface area contributed by atoms with Crippen molar-refractivity contribution in [2.75, 3.05) is 18.1 Å². The van der Waals surface area contributed by atoms with Crippen LogP contribution in [0.15, 0.2) is 46.2 Å². The van der Waals surface area contributed by atoms with Gasteiger partial charge in [0.1, 0.15) is 23.8 Å². The largest absolute Gasteiger partial charge is 0.490 e. The van der Waals surface area contributed by atoms with Gasteiger partial charge in [0.2, 0.25) is 5.89 Å². The Hall–Kier alpha value is -2.27. The van der Waals surface area contributed by atoms with Crippen LogP contribution in [-0.4, -0.2) is 18.1 Å². The second-order valence-corrected chi connectivity index (χ2v) is 6.18. The van der Waals surface area contributed by atoms with E-state index in [2.05, 4.69) is 16.0 Å². The SMILES string of the molecule is Cc1oc(-c2cccs2)nc1CN1CCOc2ccccc21. The Labute approximate surface area is 133 Å². The summed E-state index contributed by atoms with van der Waals surface area (Å²) < 4.78 is 11.5. The highest BCUT2D eigenvalue weighted by atomic mass is 32.1. The van der Waals surface area contributed by atoms with E-state index in [9.17, 15) is 0 Å². The smallest absolute Gasteiger partial charge is 0.236 e. The van der Waals surface area contributed by atoms with Crippen molar-refractivity contribution in [3.05, 3.63) is 53.2 Å². The van der Waals surface area contributed by atoms with Gasteiger partial charge in [-0.2, -0.15) is 0 Å². The van der Waals surface area contributed by atoms with Crippen molar-refractivity contribution in [3.63, 3.8) is 0 Å². The van der Waals surface area contributed by atoms with E-state index in [1.54, 1.807) is 11.3 Å². The lowest BCUT2D eigenvalue weighted by atomic mass is 10.2. The Morgan fingerprint density at radius 3 is 3.00 bits per heavy atom. The average Bonchev–Trinajstić information content (AvgIpc) is 3.18. The van der Waals surface area contributed by atoms with Crippen LogP contribution >= 0.6 is 11.3 Å². The van der Waals surface area contributed by atoms with Crippen molar-refractivity contribution in [1.82, 2.24) is 4.98 Å². The molecule has 0 bridgehead atoms. The van der Waals surface area contributed by atoms with Gasteiger partial charge < -0.3 is 14.1 Å². The van der Waals surface area contributed by atoms with Gasteiger partial charge in [0.05, 0.1) is 23.7 Å². The van der Waals surface area contributed by atoms with Crippen LogP contribution in [0.25, 0.3) is 10.8 Å². The van der Waals surface area contributed by atoms with E-state index in [1.807, 2.05) is 42.6 Å². The molecule has 4 nitrogen and oxygen atoms in total. The van der Waals surface area contributed by atoms with E-state index in [-0.39, 0.29) is 0 Å². The maximum atomic E-state index is 5.83. The van der Waals surface area contributed by atoms with Crippen LogP contribution in [-0.2, 0) is 6.54 Å². The number of oxazole rings is 1. The molecule has 0 N–H and O–H groups in total. The zero-order valence-electron chi connectivity index (χ0n) is 12.3. The molecule has 0 spiro atoms. The maximum Gasteiger partial charge on any atom is 0.236 e. The first-order chi connectivity index (χ1) is 10.8. The lowest BCUT2D eigenvalue weighted by Crippen LogP contribution is -2.32. The van der Waals surface area contributed by atoms with E-state index in [0.717, 1.165) is 40.9 Å². The maximum absolute atomic E-state index is 5.83. The fraction of sp³-hybridized carbons (Fsp3) is 0.235. The first kappa shape index (κ1) is 13.4. The van der Waals surface area contributed by atoms with E-state index < -0.39 is 0 Å². The summed E-state index contributed by atoms with van der Waals surface area (Å²) in [5, 5.41) is 2.03. The minimum atomic E-state index is 0.700. The third-order valence-corrected chi connectivity index (χ3v) is 4.65. The lowest BCUT2D eigenvalue weighted by Gasteiger charge is -2.30. The van der Waals surface area contributed by atoms with Gasteiger partial charge in [0, 0.05) is 0 Å². The highest BCUT2D eigenvalue weighted by molar-refractivity contribution is 7.13. The summed E-state index contributed by atoms with van der Waals surface area (Å²) in [5.74, 6) is 2.53. The highest BCUT2D eigenvalue weighted by Crippen LogP contribution is 2.33. The number of rotatable bonds is 3. The van der Waals surface area contributed by atoms with Gasteiger partial charge in [0.25, 0.3) is 0 Å². The molecule has 5 heteroatoms. The molecule has 0 fully saturated rings. The molecule has 3 aromatic rings.